The van der Waals surface area contributed by atoms with Gasteiger partial charge < -0.3 is 20.5 Å². The third-order valence-corrected chi connectivity index (χ3v) is 4.00. The molecule has 1 unspecified atom stereocenters. The van der Waals surface area contributed by atoms with Crippen molar-refractivity contribution in [1.29, 1.82) is 0 Å². The van der Waals surface area contributed by atoms with Gasteiger partial charge in [-0.2, -0.15) is 0 Å². The van der Waals surface area contributed by atoms with Gasteiger partial charge in [-0.15, -0.1) is 11.8 Å². The van der Waals surface area contributed by atoms with Crippen molar-refractivity contribution >= 4 is 17.7 Å². The van der Waals surface area contributed by atoms with Crippen LogP contribution in [0.15, 0.2) is 23.1 Å². The molecule has 1 heterocycles. The molecular formula is C14H20N2O3S. The summed E-state index contributed by atoms with van der Waals surface area (Å²) in [6, 6.07) is 5.50. The highest BCUT2D eigenvalue weighted by molar-refractivity contribution is 7.99. The molecule has 5 nitrogen and oxygen atoms in total. The maximum atomic E-state index is 11.4. The molecular weight excluding hydrogens is 276 g/mol. The maximum Gasteiger partial charge on any atom is 0.235 e. The number of fused-ring (bicyclic) bond motifs is 1. The number of nitrogens with one attached hydrogen (secondary N) is 1. The fourth-order valence-electron chi connectivity index (χ4n) is 1.85. The van der Waals surface area contributed by atoms with Crippen LogP contribution in [-0.4, -0.2) is 37.5 Å². The molecule has 0 saturated heterocycles. The van der Waals surface area contributed by atoms with E-state index in [1.54, 1.807) is 11.8 Å². The summed E-state index contributed by atoms with van der Waals surface area (Å²) in [6.45, 7) is 4.00. The number of primary amides is 1. The third-order valence-electron chi connectivity index (χ3n) is 2.91. The lowest BCUT2D eigenvalue weighted by atomic mass is 10.3. The van der Waals surface area contributed by atoms with Crippen LogP contribution in [-0.2, 0) is 4.79 Å². The lowest BCUT2D eigenvalue weighted by Gasteiger charge is -2.19. The summed E-state index contributed by atoms with van der Waals surface area (Å²) in [5.74, 6) is 1.83. The molecule has 0 radical (unpaired) electrons. The van der Waals surface area contributed by atoms with E-state index in [2.05, 4.69) is 12.2 Å². The van der Waals surface area contributed by atoms with E-state index in [9.17, 15) is 4.79 Å². The zero-order chi connectivity index (χ0) is 14.4. The number of benzene rings is 1. The van der Waals surface area contributed by atoms with Crippen LogP contribution in [0.1, 0.15) is 13.3 Å². The second-order valence-electron chi connectivity index (χ2n) is 4.53. The summed E-state index contributed by atoms with van der Waals surface area (Å²) in [4.78, 5) is 12.4. The smallest absolute Gasteiger partial charge is 0.235 e. The van der Waals surface area contributed by atoms with E-state index >= 15 is 0 Å². The zero-order valence-electron chi connectivity index (χ0n) is 11.6. The molecule has 1 aliphatic rings. The number of ether oxygens (including phenoxy) is 2. The standard InChI is InChI=1S/C14H20N2O3S/c1-2-5-16-11(14(15)17)9-20-10-3-4-12-13(8-10)19-7-6-18-12/h3-4,8,11,16H,2,5-7,9H2,1H3,(H2,15,17). The Bertz CT molecular complexity index is 468. The van der Waals surface area contributed by atoms with Crippen molar-refractivity contribution < 1.29 is 14.3 Å². The summed E-state index contributed by atoms with van der Waals surface area (Å²) in [7, 11) is 0. The molecule has 3 N–H and O–H groups in total. The molecule has 0 aromatic heterocycles. The highest BCUT2D eigenvalue weighted by atomic mass is 32.2. The summed E-state index contributed by atoms with van der Waals surface area (Å²) in [5, 5.41) is 3.15. The Morgan fingerprint density at radius 2 is 2.15 bits per heavy atom. The van der Waals surface area contributed by atoms with Crippen molar-refractivity contribution in [2.24, 2.45) is 5.73 Å². The fourth-order valence-corrected chi connectivity index (χ4v) is 2.85. The van der Waals surface area contributed by atoms with Gasteiger partial charge in [0.1, 0.15) is 13.2 Å². The Hall–Kier alpha value is -1.40. The second kappa shape index (κ2) is 7.40. The topological polar surface area (TPSA) is 73.6 Å². The minimum Gasteiger partial charge on any atom is -0.486 e. The van der Waals surface area contributed by atoms with E-state index in [1.807, 2.05) is 18.2 Å². The van der Waals surface area contributed by atoms with Gasteiger partial charge in [0, 0.05) is 10.6 Å². The highest BCUT2D eigenvalue weighted by Gasteiger charge is 2.16. The van der Waals surface area contributed by atoms with Crippen LogP contribution in [0.2, 0.25) is 0 Å². The van der Waals surface area contributed by atoms with Crippen molar-refractivity contribution in [1.82, 2.24) is 5.32 Å². The van der Waals surface area contributed by atoms with E-state index in [1.165, 1.54) is 0 Å². The van der Waals surface area contributed by atoms with E-state index < -0.39 is 0 Å². The summed E-state index contributed by atoms with van der Waals surface area (Å²) in [5.41, 5.74) is 5.39. The molecule has 1 aromatic carbocycles. The Kier molecular flexibility index (Phi) is 5.55. The van der Waals surface area contributed by atoms with Crippen molar-refractivity contribution in [2.45, 2.75) is 24.3 Å². The van der Waals surface area contributed by atoms with Crippen molar-refractivity contribution in [3.8, 4) is 11.5 Å². The normalized spacial score (nSPS) is 14.8. The lowest BCUT2D eigenvalue weighted by molar-refractivity contribution is -0.119. The molecule has 1 atom stereocenters. The van der Waals surface area contributed by atoms with E-state index in [0.29, 0.717) is 19.0 Å². The quantitative estimate of drug-likeness (QED) is 0.744. The lowest BCUT2D eigenvalue weighted by Crippen LogP contribution is -2.43. The number of thioether (sulfide) groups is 1. The predicted octanol–water partition coefficient (Wildman–Crippen LogP) is 1.40. The number of hydrogen-bond donors (Lipinski definition) is 2. The first-order chi connectivity index (χ1) is 9.70. The highest BCUT2D eigenvalue weighted by Crippen LogP contribution is 2.34. The summed E-state index contributed by atoms with van der Waals surface area (Å²) in [6.07, 6.45) is 0.971. The van der Waals surface area contributed by atoms with Crippen molar-refractivity contribution in [3.63, 3.8) is 0 Å². The van der Waals surface area contributed by atoms with Gasteiger partial charge >= 0.3 is 0 Å². The Balaban J connectivity index is 1.93. The monoisotopic (exact) mass is 296 g/mol. The average Bonchev–Trinajstić information content (AvgIpc) is 2.46. The molecule has 0 spiro atoms. The number of hydrogen-bond acceptors (Lipinski definition) is 5. The van der Waals surface area contributed by atoms with E-state index in [4.69, 9.17) is 15.2 Å². The molecule has 1 amide bonds. The molecule has 2 rings (SSSR count). The first-order valence-corrected chi connectivity index (χ1v) is 7.74. The van der Waals surface area contributed by atoms with Gasteiger partial charge in [0.2, 0.25) is 5.91 Å². The summed E-state index contributed by atoms with van der Waals surface area (Å²) < 4.78 is 11.0. The van der Waals surface area contributed by atoms with Gasteiger partial charge in [-0.3, -0.25) is 4.79 Å². The third kappa shape index (κ3) is 4.05. The van der Waals surface area contributed by atoms with Crippen LogP contribution in [0.3, 0.4) is 0 Å². The van der Waals surface area contributed by atoms with Gasteiger partial charge in [-0.05, 0) is 31.2 Å². The molecule has 1 aliphatic heterocycles. The van der Waals surface area contributed by atoms with Gasteiger partial charge in [0.25, 0.3) is 0 Å². The average molecular weight is 296 g/mol. The Morgan fingerprint density at radius 3 is 2.85 bits per heavy atom. The Morgan fingerprint density at radius 1 is 1.40 bits per heavy atom. The van der Waals surface area contributed by atoms with Crippen LogP contribution in [0.5, 0.6) is 11.5 Å². The fraction of sp³-hybridized carbons (Fsp3) is 0.500. The van der Waals surface area contributed by atoms with Gasteiger partial charge in [0.15, 0.2) is 11.5 Å². The number of carbonyl (C=O) groups is 1. The van der Waals surface area contributed by atoms with Gasteiger partial charge in [-0.1, -0.05) is 6.92 Å². The molecule has 0 fully saturated rings. The second-order valence-corrected chi connectivity index (χ2v) is 5.62. The van der Waals surface area contributed by atoms with Crippen LogP contribution >= 0.6 is 11.8 Å². The van der Waals surface area contributed by atoms with Crippen molar-refractivity contribution in [3.05, 3.63) is 18.2 Å². The molecule has 110 valence electrons. The number of nitrogens with two attached hydrogens (primary N) is 1. The SMILES string of the molecule is CCCNC(CSc1ccc2c(c1)OCCO2)C(N)=O. The molecule has 0 saturated carbocycles. The largest absolute Gasteiger partial charge is 0.486 e. The molecule has 20 heavy (non-hydrogen) atoms. The number of rotatable bonds is 7. The molecule has 6 heteroatoms. The number of amides is 1. The zero-order valence-corrected chi connectivity index (χ0v) is 12.4. The van der Waals surface area contributed by atoms with Gasteiger partial charge in [0.05, 0.1) is 6.04 Å². The summed E-state index contributed by atoms with van der Waals surface area (Å²) >= 11 is 1.58. The first kappa shape index (κ1) is 15.0. The Labute approximate surface area is 123 Å². The van der Waals surface area contributed by atoms with E-state index in [0.717, 1.165) is 29.4 Å². The minimum absolute atomic E-state index is 0.312. The molecule has 1 aromatic rings. The first-order valence-electron chi connectivity index (χ1n) is 6.76. The molecule has 0 bridgehead atoms. The van der Waals surface area contributed by atoms with Crippen molar-refractivity contribution in [2.75, 3.05) is 25.5 Å². The maximum absolute atomic E-state index is 11.4. The molecule has 0 aliphatic carbocycles. The number of carbonyl (C=O) groups excluding carboxylic acids is 1. The van der Waals surface area contributed by atoms with Crippen LogP contribution in [0.4, 0.5) is 0 Å². The van der Waals surface area contributed by atoms with Gasteiger partial charge in [-0.25, -0.2) is 0 Å². The van der Waals surface area contributed by atoms with E-state index in [-0.39, 0.29) is 11.9 Å². The minimum atomic E-state index is -0.316. The van der Waals surface area contributed by atoms with Crippen LogP contribution < -0.4 is 20.5 Å². The van der Waals surface area contributed by atoms with Crippen LogP contribution in [0.25, 0.3) is 0 Å². The van der Waals surface area contributed by atoms with Crippen LogP contribution in [0, 0.1) is 0 Å². The predicted molar refractivity (Wildman–Crippen MR) is 79.4 cm³/mol.